The number of unbranched alkanes of at least 4 members (excludes halogenated alkanes) is 2. The monoisotopic (exact) mass is 335 g/mol. The van der Waals surface area contributed by atoms with Crippen LogP contribution in [0.4, 0.5) is 0 Å². The van der Waals surface area contributed by atoms with Gasteiger partial charge in [-0.2, -0.15) is 0 Å². The van der Waals surface area contributed by atoms with Gasteiger partial charge in [0.1, 0.15) is 17.8 Å². The predicted octanol–water partition coefficient (Wildman–Crippen LogP) is 2.82. The van der Waals surface area contributed by atoms with E-state index in [9.17, 15) is 15.0 Å². The van der Waals surface area contributed by atoms with Gasteiger partial charge in [0.2, 0.25) is 0 Å². The van der Waals surface area contributed by atoms with E-state index in [0.29, 0.717) is 5.56 Å². The van der Waals surface area contributed by atoms with Gasteiger partial charge in [-0.3, -0.25) is 0 Å². The molecule has 0 aromatic heterocycles. The third kappa shape index (κ3) is 6.48. The number of carbonyl (C=O) groups is 1. The minimum atomic E-state index is -0.680. The van der Waals surface area contributed by atoms with Gasteiger partial charge in [0.15, 0.2) is 5.96 Å². The van der Waals surface area contributed by atoms with E-state index in [2.05, 4.69) is 24.2 Å². The number of aromatic hydroxyl groups is 2. The van der Waals surface area contributed by atoms with Crippen molar-refractivity contribution >= 4 is 12.2 Å². The molecule has 0 atom stereocenters. The van der Waals surface area contributed by atoms with Crippen LogP contribution in [0.3, 0.4) is 0 Å². The third-order valence-electron chi connectivity index (χ3n) is 3.95. The van der Waals surface area contributed by atoms with Crippen LogP contribution in [0.5, 0.6) is 11.5 Å². The fourth-order valence-corrected chi connectivity index (χ4v) is 2.60. The van der Waals surface area contributed by atoms with Gasteiger partial charge in [-0.15, -0.1) is 0 Å². The van der Waals surface area contributed by atoms with Gasteiger partial charge < -0.3 is 26.1 Å². The smallest absolute Gasteiger partial charge is 0.189 e. The number of phenolic OH excluding ortho intramolecular Hbond substituents is 2. The number of hydrogen-bond donors (Lipinski definition) is 4. The molecule has 0 heterocycles. The van der Waals surface area contributed by atoms with Gasteiger partial charge in [0.05, 0.1) is 12.1 Å². The summed E-state index contributed by atoms with van der Waals surface area (Å²) in [6, 6.07) is 4.27. The molecule has 5 N–H and O–H groups in total. The summed E-state index contributed by atoms with van der Waals surface area (Å²) in [4.78, 5) is 15.9. The van der Waals surface area contributed by atoms with Crippen LogP contribution < -0.4 is 11.1 Å². The van der Waals surface area contributed by atoms with Crippen LogP contribution in [-0.2, 0) is 11.3 Å². The Labute approximate surface area is 143 Å². The number of rotatable bonds is 10. The zero-order valence-electron chi connectivity index (χ0n) is 14.6. The minimum Gasteiger partial charge on any atom is -0.508 e. The SMILES string of the molecule is CCCCC(C=O)(CCCC)NC(N)=NCc1cc(O)cc(O)c1. The van der Waals surface area contributed by atoms with Gasteiger partial charge in [0, 0.05) is 6.07 Å². The maximum atomic E-state index is 11.7. The lowest BCUT2D eigenvalue weighted by Gasteiger charge is -2.30. The highest BCUT2D eigenvalue weighted by atomic mass is 16.3. The Morgan fingerprint density at radius 1 is 1.17 bits per heavy atom. The largest absolute Gasteiger partial charge is 0.508 e. The minimum absolute atomic E-state index is 0.0279. The van der Waals surface area contributed by atoms with E-state index in [-0.39, 0.29) is 24.0 Å². The zero-order chi connectivity index (χ0) is 18.0. The van der Waals surface area contributed by atoms with E-state index < -0.39 is 5.54 Å². The van der Waals surface area contributed by atoms with E-state index in [0.717, 1.165) is 44.8 Å². The van der Waals surface area contributed by atoms with E-state index in [1.165, 1.54) is 18.2 Å². The molecule has 0 aliphatic carbocycles. The van der Waals surface area contributed by atoms with Crippen molar-refractivity contribution in [2.24, 2.45) is 10.7 Å². The van der Waals surface area contributed by atoms with Crippen molar-refractivity contribution in [3.8, 4) is 11.5 Å². The summed E-state index contributed by atoms with van der Waals surface area (Å²) in [5, 5.41) is 22.0. The Bertz CT molecular complexity index is 530. The number of nitrogens with zero attached hydrogens (tertiary/aromatic N) is 1. The van der Waals surface area contributed by atoms with Crippen LogP contribution in [0.2, 0.25) is 0 Å². The molecule has 1 aromatic rings. The Morgan fingerprint density at radius 3 is 2.17 bits per heavy atom. The van der Waals surface area contributed by atoms with E-state index in [1.807, 2.05) is 0 Å². The summed E-state index contributed by atoms with van der Waals surface area (Å²) in [6.45, 7) is 4.37. The Morgan fingerprint density at radius 2 is 1.71 bits per heavy atom. The standard InChI is InChI=1S/C18H29N3O3/c1-3-5-7-18(13-22,8-6-4-2)21-17(19)20-12-14-9-15(23)11-16(24)10-14/h9-11,13,23-24H,3-8,12H2,1-2H3,(H3,19,20,21). The Hall–Kier alpha value is -2.24. The lowest BCUT2D eigenvalue weighted by Crippen LogP contribution is -2.52. The molecule has 24 heavy (non-hydrogen) atoms. The van der Waals surface area contributed by atoms with Crippen LogP contribution >= 0.6 is 0 Å². The van der Waals surface area contributed by atoms with E-state index in [4.69, 9.17) is 5.73 Å². The average molecular weight is 335 g/mol. The summed E-state index contributed by atoms with van der Waals surface area (Å²) in [5.41, 5.74) is 5.91. The highest BCUT2D eigenvalue weighted by molar-refractivity contribution is 5.83. The summed E-state index contributed by atoms with van der Waals surface area (Å²) in [5.74, 6) is 0.136. The van der Waals surface area contributed by atoms with Crippen molar-refractivity contribution < 1.29 is 15.0 Å². The molecule has 0 aliphatic heterocycles. The summed E-state index contributed by atoms with van der Waals surface area (Å²) >= 11 is 0. The predicted molar refractivity (Wildman–Crippen MR) is 96.1 cm³/mol. The fraction of sp³-hybridized carbons (Fsp3) is 0.556. The highest BCUT2D eigenvalue weighted by Gasteiger charge is 2.28. The Balaban J connectivity index is 2.81. The number of guanidine groups is 1. The lowest BCUT2D eigenvalue weighted by atomic mass is 9.88. The first-order chi connectivity index (χ1) is 11.4. The number of hydrogen-bond acceptors (Lipinski definition) is 4. The third-order valence-corrected chi connectivity index (χ3v) is 3.95. The molecular weight excluding hydrogens is 306 g/mol. The maximum Gasteiger partial charge on any atom is 0.189 e. The van der Waals surface area contributed by atoms with Gasteiger partial charge in [-0.05, 0) is 30.5 Å². The lowest BCUT2D eigenvalue weighted by molar-refractivity contribution is -0.113. The fourth-order valence-electron chi connectivity index (χ4n) is 2.60. The number of aliphatic imine (C=N–C) groups is 1. The molecule has 0 saturated carbocycles. The van der Waals surface area contributed by atoms with E-state index in [1.54, 1.807) is 0 Å². The molecule has 6 nitrogen and oxygen atoms in total. The molecule has 0 radical (unpaired) electrons. The molecule has 0 spiro atoms. The number of nitrogens with one attached hydrogen (secondary N) is 1. The molecule has 1 rings (SSSR count). The summed E-state index contributed by atoms with van der Waals surface area (Å²) in [6.07, 6.45) is 6.26. The number of carbonyl (C=O) groups excluding carboxylic acids is 1. The van der Waals surface area contributed by atoms with Crippen LogP contribution in [0, 0.1) is 0 Å². The molecule has 0 saturated heterocycles. The molecule has 0 bridgehead atoms. The number of aldehydes is 1. The van der Waals surface area contributed by atoms with Crippen LogP contribution in [0.15, 0.2) is 23.2 Å². The molecule has 0 aliphatic rings. The van der Waals surface area contributed by atoms with Crippen molar-refractivity contribution in [1.29, 1.82) is 0 Å². The van der Waals surface area contributed by atoms with Crippen molar-refractivity contribution in [2.75, 3.05) is 0 Å². The summed E-state index contributed by atoms with van der Waals surface area (Å²) < 4.78 is 0. The number of phenols is 2. The van der Waals surface area contributed by atoms with Gasteiger partial charge >= 0.3 is 0 Å². The van der Waals surface area contributed by atoms with Gasteiger partial charge in [-0.1, -0.05) is 39.5 Å². The molecule has 0 unspecified atom stereocenters. The second-order valence-corrected chi connectivity index (χ2v) is 6.17. The second-order valence-electron chi connectivity index (χ2n) is 6.17. The summed E-state index contributed by atoms with van der Waals surface area (Å²) in [7, 11) is 0. The number of benzene rings is 1. The molecule has 1 aromatic carbocycles. The zero-order valence-corrected chi connectivity index (χ0v) is 14.6. The topological polar surface area (TPSA) is 108 Å². The van der Waals surface area contributed by atoms with E-state index >= 15 is 0 Å². The first kappa shape index (κ1) is 19.8. The molecular formula is C18H29N3O3. The average Bonchev–Trinajstić information content (AvgIpc) is 2.55. The van der Waals surface area contributed by atoms with Gasteiger partial charge in [0.25, 0.3) is 0 Å². The van der Waals surface area contributed by atoms with Crippen molar-refractivity contribution in [3.05, 3.63) is 23.8 Å². The Kier molecular flexibility index (Phi) is 8.09. The first-order valence-corrected chi connectivity index (χ1v) is 8.51. The van der Waals surface area contributed by atoms with Crippen LogP contribution in [-0.4, -0.2) is 28.0 Å². The quantitative estimate of drug-likeness (QED) is 0.299. The van der Waals surface area contributed by atoms with Gasteiger partial charge in [-0.25, -0.2) is 4.99 Å². The van der Waals surface area contributed by atoms with Crippen molar-refractivity contribution in [3.63, 3.8) is 0 Å². The second kappa shape index (κ2) is 9.80. The molecule has 0 amide bonds. The first-order valence-electron chi connectivity index (χ1n) is 8.51. The van der Waals surface area contributed by atoms with Crippen molar-refractivity contribution in [1.82, 2.24) is 5.32 Å². The highest BCUT2D eigenvalue weighted by Crippen LogP contribution is 2.21. The number of nitrogens with two attached hydrogens (primary N) is 1. The molecule has 6 heteroatoms. The molecule has 0 fully saturated rings. The maximum absolute atomic E-state index is 11.7. The van der Waals surface area contributed by atoms with Crippen LogP contribution in [0.25, 0.3) is 0 Å². The van der Waals surface area contributed by atoms with Crippen LogP contribution in [0.1, 0.15) is 57.9 Å². The van der Waals surface area contributed by atoms with Crippen molar-refractivity contribution in [2.45, 2.75) is 64.5 Å². The molecule has 134 valence electrons. The normalized spacial score (nSPS) is 12.2.